The Morgan fingerprint density at radius 2 is 0.488 bits per heavy atom. The Hall–Kier alpha value is -7.47. The third-order valence-electron chi connectivity index (χ3n) is 16.8. The standard InChI is InChI=1S/C28H28P2.2C26H17Si.2Au/c1-5-15-25(16-6-1)29(26-17-7-2-8-18-26)23-13-14-24-30(27-19-9-3-10-20-27)28-21-11-4-12-22-28;2*1-2-20-12-11-18-24-23-17-9-10-19-25(23)27(26(20)24,21-13-5-3-6-14-21)22-15-7-4-8-16-22;;/h1-12,15-22H,13-14,23-24H2;2*3-19H;;/q;2*-1;2*+1/p+2. The Labute approximate surface area is 545 Å². The predicted molar refractivity (Wildman–Crippen MR) is 370 cm³/mol. The van der Waals surface area contributed by atoms with Gasteiger partial charge in [-0.15, -0.1) is 33.6 Å². The molecule has 2 aliphatic rings. The van der Waals surface area contributed by atoms with E-state index in [0.717, 1.165) is 11.1 Å². The van der Waals surface area contributed by atoms with Crippen LogP contribution in [0.3, 0.4) is 0 Å². The number of unbranched alkanes of at least 4 members (excludes halogenated alkanes) is 1. The van der Waals surface area contributed by atoms with E-state index in [1.807, 2.05) is 24.3 Å². The molecule has 0 spiro atoms. The van der Waals surface area contributed by atoms with Crippen molar-refractivity contribution in [3.05, 3.63) is 352 Å². The fourth-order valence-electron chi connectivity index (χ4n) is 13.3. The molecule has 0 nitrogen and oxygen atoms in total. The summed E-state index contributed by atoms with van der Waals surface area (Å²) in [4.78, 5) is 0. The second-order valence-corrected chi connectivity index (χ2v) is 34.0. The molecule has 2 heterocycles. The van der Waals surface area contributed by atoms with Crippen molar-refractivity contribution in [3.8, 4) is 34.1 Å². The van der Waals surface area contributed by atoms with Gasteiger partial charge in [-0.2, -0.15) is 0 Å². The van der Waals surface area contributed by atoms with Crippen LogP contribution in [-0.2, 0) is 44.8 Å². The number of hydrogen-bond donors (Lipinski definition) is 0. The van der Waals surface area contributed by atoms with Gasteiger partial charge in [-0.3, -0.25) is 11.8 Å². The van der Waals surface area contributed by atoms with Crippen molar-refractivity contribution in [2.24, 2.45) is 0 Å². The molecule has 0 bridgehead atoms. The van der Waals surface area contributed by atoms with Crippen LogP contribution in [0.1, 0.15) is 24.0 Å². The normalized spacial score (nSPS) is 12.3. The van der Waals surface area contributed by atoms with E-state index >= 15 is 0 Å². The number of hydrogen-bond acceptors (Lipinski definition) is 0. The van der Waals surface area contributed by atoms with Gasteiger partial charge in [0.15, 0.2) is 16.1 Å². The summed E-state index contributed by atoms with van der Waals surface area (Å²) in [5, 5.41) is 16.9. The Morgan fingerprint density at radius 1 is 0.256 bits per heavy atom. The van der Waals surface area contributed by atoms with E-state index in [9.17, 15) is 0 Å². The average molecular weight is 1540 g/mol. The van der Waals surface area contributed by atoms with Gasteiger partial charge in [0.1, 0.15) is 0 Å². The SMILES string of the molecule is [Au+].[Au+].[C-]#Cc1cccc2c1[Si](c1ccccc1)(c1ccccc1)c1ccccc1-2.[C-]#Cc1cccc2c1[Si](c1ccccc1)(c1ccccc1)c1ccccc1-2.c1ccc([PH+](CCCC[PH+](c2ccccc2)c2ccccc2)c2ccccc2)cc1. The molecule has 0 saturated heterocycles. The predicted octanol–water partition coefficient (Wildman–Crippen LogP) is 11.5. The van der Waals surface area contributed by atoms with E-state index in [0.29, 0.717) is 0 Å². The Morgan fingerprint density at radius 3 is 0.756 bits per heavy atom. The first-order chi connectivity index (χ1) is 41.7. The first-order valence-electron chi connectivity index (χ1n) is 29.1. The molecule has 0 unspecified atom stereocenters. The molecule has 12 aromatic carbocycles. The van der Waals surface area contributed by atoms with Crippen molar-refractivity contribution in [1.82, 2.24) is 0 Å². The van der Waals surface area contributed by atoms with E-state index in [1.165, 1.54) is 110 Å². The van der Waals surface area contributed by atoms with E-state index in [-0.39, 0.29) is 44.8 Å². The summed E-state index contributed by atoms with van der Waals surface area (Å²) >= 11 is 0. The van der Waals surface area contributed by atoms with Crippen LogP contribution in [0, 0.1) is 24.7 Å². The van der Waals surface area contributed by atoms with Crippen LogP contribution < -0.4 is 62.7 Å². The van der Waals surface area contributed by atoms with Crippen molar-refractivity contribution < 1.29 is 44.8 Å². The summed E-state index contributed by atoms with van der Waals surface area (Å²) in [7, 11) is -6.38. The van der Waals surface area contributed by atoms with Crippen LogP contribution in [-0.4, -0.2) is 28.5 Å². The maximum atomic E-state index is 7.99. The molecule has 0 aliphatic carbocycles. The topological polar surface area (TPSA) is 0 Å². The van der Waals surface area contributed by atoms with Gasteiger partial charge in [0.25, 0.3) is 0 Å². The van der Waals surface area contributed by atoms with Gasteiger partial charge in [0.2, 0.25) is 0 Å². The number of rotatable bonds is 13. The molecular weight excluding hydrogens is 1470 g/mol. The molecule has 422 valence electrons. The molecule has 12 aromatic rings. The molecule has 6 heteroatoms. The fourth-order valence-corrected chi connectivity index (χ4v) is 29.3. The number of fused-ring (bicyclic) bond motifs is 6. The summed E-state index contributed by atoms with van der Waals surface area (Å²) in [6, 6.07) is 118. The van der Waals surface area contributed by atoms with Gasteiger partial charge in [-0.1, -0.05) is 267 Å². The zero-order valence-corrected chi connectivity index (χ0v) is 55.9. The first kappa shape index (κ1) is 61.6. The molecule has 14 rings (SSSR count). The second kappa shape index (κ2) is 29.3. The van der Waals surface area contributed by atoms with Crippen molar-refractivity contribution >= 4 is 94.7 Å². The molecular formula is C80H64Au2P2Si2+2. The molecule has 0 radical (unpaired) electrons. The monoisotopic (exact) mass is 1540 g/mol. The van der Waals surface area contributed by atoms with Gasteiger partial charge in [-0.05, 0) is 115 Å². The molecule has 2 aliphatic heterocycles. The largest absolute Gasteiger partial charge is 1.00 e. The molecule has 0 fully saturated rings. The van der Waals surface area contributed by atoms with Crippen LogP contribution in [0.15, 0.2) is 328 Å². The molecule has 86 heavy (non-hydrogen) atoms. The third-order valence-corrected chi connectivity index (χ3v) is 32.5. The quantitative estimate of drug-likeness (QED) is 0.0355. The summed E-state index contributed by atoms with van der Waals surface area (Å²) in [5.74, 6) is 5.48. The average Bonchev–Trinajstić information content (AvgIpc) is 1.57. The van der Waals surface area contributed by atoms with Crippen molar-refractivity contribution in [3.63, 3.8) is 0 Å². The maximum Gasteiger partial charge on any atom is 1.00 e. The smallest absolute Gasteiger partial charge is 0.366 e. The Kier molecular flexibility index (Phi) is 21.0. The van der Waals surface area contributed by atoms with E-state index in [1.54, 1.807) is 0 Å². The molecule has 0 N–H and O–H groups in total. The van der Waals surface area contributed by atoms with Crippen LogP contribution in [0.2, 0.25) is 0 Å². The fraction of sp³-hybridized carbons (Fsp3) is 0.0500. The Bertz CT molecular complexity index is 3780. The van der Waals surface area contributed by atoms with Crippen LogP contribution >= 0.6 is 15.8 Å². The van der Waals surface area contributed by atoms with E-state index in [4.69, 9.17) is 12.8 Å². The first-order valence-corrected chi connectivity index (χ1v) is 36.5. The van der Waals surface area contributed by atoms with Crippen molar-refractivity contribution in [2.75, 3.05) is 12.3 Å². The third kappa shape index (κ3) is 12.2. The zero-order chi connectivity index (χ0) is 57.0. The molecule has 0 atom stereocenters. The molecule has 0 amide bonds. The van der Waals surface area contributed by atoms with E-state index < -0.39 is 32.0 Å². The van der Waals surface area contributed by atoms with Gasteiger partial charge in [-0.25, -0.2) is 0 Å². The van der Waals surface area contributed by atoms with Crippen molar-refractivity contribution in [2.45, 2.75) is 12.8 Å². The maximum absolute atomic E-state index is 7.99. The summed E-state index contributed by atoms with van der Waals surface area (Å²) in [6.45, 7) is 0. The number of benzene rings is 12. The second-order valence-electron chi connectivity index (χ2n) is 21.4. The van der Waals surface area contributed by atoms with E-state index in [2.05, 4.69) is 315 Å². The van der Waals surface area contributed by atoms with Gasteiger partial charge < -0.3 is 12.8 Å². The summed E-state index contributed by atoms with van der Waals surface area (Å²) < 4.78 is 0. The van der Waals surface area contributed by atoms with Crippen LogP contribution in [0.5, 0.6) is 0 Å². The minimum Gasteiger partial charge on any atom is -0.366 e. The van der Waals surface area contributed by atoms with Gasteiger partial charge in [0.05, 0.1) is 49.4 Å². The molecule has 0 saturated carbocycles. The zero-order valence-electron chi connectivity index (χ0n) is 47.6. The van der Waals surface area contributed by atoms with Gasteiger partial charge >= 0.3 is 44.8 Å². The van der Waals surface area contributed by atoms with Crippen LogP contribution in [0.4, 0.5) is 0 Å². The molecule has 0 aromatic heterocycles. The van der Waals surface area contributed by atoms with Gasteiger partial charge in [0, 0.05) is 0 Å². The Balaban J connectivity index is 0.000000142. The summed E-state index contributed by atoms with van der Waals surface area (Å²) in [5.41, 5.74) is 6.91. The van der Waals surface area contributed by atoms with Crippen molar-refractivity contribution in [1.29, 1.82) is 0 Å². The van der Waals surface area contributed by atoms with Crippen LogP contribution in [0.25, 0.3) is 22.3 Å². The minimum atomic E-state index is -2.47. The minimum absolute atomic E-state index is 0. The summed E-state index contributed by atoms with van der Waals surface area (Å²) in [6.07, 6.45) is 21.2.